The summed E-state index contributed by atoms with van der Waals surface area (Å²) in [5, 5.41) is 0.923. The van der Waals surface area contributed by atoms with Crippen LogP contribution in [0, 0.1) is 0 Å². The molecule has 0 aromatic rings. The predicted octanol–water partition coefficient (Wildman–Crippen LogP) is 4.86. The van der Waals surface area contributed by atoms with E-state index in [2.05, 4.69) is 23.6 Å². The van der Waals surface area contributed by atoms with Crippen LogP contribution in [-0.4, -0.2) is 40.9 Å². The van der Waals surface area contributed by atoms with E-state index >= 15 is 0 Å². The molecule has 1 aliphatic heterocycles. The summed E-state index contributed by atoms with van der Waals surface area (Å²) in [6.07, 6.45) is 5.34. The fourth-order valence-corrected chi connectivity index (χ4v) is 2.77. The van der Waals surface area contributed by atoms with E-state index in [4.69, 9.17) is 11.6 Å². The van der Waals surface area contributed by atoms with Crippen LogP contribution in [0.1, 0.15) is 25.7 Å². The van der Waals surface area contributed by atoms with Gasteiger partial charge in [0.2, 0.25) is 0 Å². The summed E-state index contributed by atoms with van der Waals surface area (Å²) in [7, 11) is -6.45. The number of amidine groups is 1. The maximum absolute atomic E-state index is 10.7. The first-order valence-electron chi connectivity index (χ1n) is 5.71. The topological polar surface area (TPSA) is 6.25 Å². The van der Waals surface area contributed by atoms with Crippen LogP contribution in [0.4, 0.5) is 25.2 Å². The molecule has 1 saturated carbocycles. The zero-order chi connectivity index (χ0) is 15.1. The van der Waals surface area contributed by atoms with Crippen LogP contribution in [0.25, 0.3) is 0 Å². The normalized spacial score (nSPS) is 31.1. The Balaban J connectivity index is 0.000000224. The van der Waals surface area contributed by atoms with Crippen LogP contribution in [0.15, 0.2) is 0 Å². The molecule has 2 atom stereocenters. The number of rotatable bonds is 0. The fourth-order valence-electron chi connectivity index (χ4n) is 2.52. The second-order valence-electron chi connectivity index (χ2n) is 4.87. The van der Waals surface area contributed by atoms with Crippen LogP contribution in [0.5, 0.6) is 0 Å². The molecule has 0 bridgehead atoms. The Morgan fingerprint density at radius 3 is 1.95 bits per heavy atom. The minimum atomic E-state index is -10.7. The molecule has 2 aliphatic rings. The predicted molar refractivity (Wildman–Crippen MR) is 64.4 cm³/mol. The van der Waals surface area contributed by atoms with E-state index in [0.717, 1.165) is 5.29 Å². The second-order valence-corrected chi connectivity index (χ2v) is 7.12. The van der Waals surface area contributed by atoms with Gasteiger partial charge in [-0.1, -0.05) is 0 Å². The van der Waals surface area contributed by atoms with Gasteiger partial charge in [0.05, 0.1) is 14.1 Å². The van der Waals surface area contributed by atoms with Crippen molar-refractivity contribution in [2.45, 2.75) is 37.8 Å². The molecule has 0 aromatic carbocycles. The maximum atomic E-state index is 9.87. The van der Waals surface area contributed by atoms with E-state index in [1.807, 2.05) is 0 Å². The van der Waals surface area contributed by atoms with Gasteiger partial charge in [-0.15, -0.1) is 0 Å². The van der Waals surface area contributed by atoms with Crippen molar-refractivity contribution in [2.75, 3.05) is 14.1 Å². The van der Waals surface area contributed by atoms with E-state index in [1.54, 1.807) is 0 Å². The molecule has 0 spiro atoms. The van der Waals surface area contributed by atoms with Crippen molar-refractivity contribution in [1.29, 1.82) is 0 Å². The molecule has 0 N–H and O–H groups in total. The molecule has 1 heterocycles. The molecule has 0 radical (unpaired) electrons. The van der Waals surface area contributed by atoms with Gasteiger partial charge >= 0.3 is 38.3 Å². The monoisotopic (exact) mass is 332 g/mol. The Morgan fingerprint density at radius 1 is 1.11 bits per heavy atom. The summed E-state index contributed by atoms with van der Waals surface area (Å²) in [5.74, 6) is 0. The van der Waals surface area contributed by atoms with Crippen molar-refractivity contribution in [2.24, 2.45) is 0 Å². The number of halogens is 7. The molecule has 10 heteroatoms. The number of fused-ring (bicyclic) bond motifs is 1. The van der Waals surface area contributed by atoms with Gasteiger partial charge in [-0.25, -0.2) is 9.48 Å². The number of hydrogen-bond donors (Lipinski definition) is 0. The summed E-state index contributed by atoms with van der Waals surface area (Å²) in [5.41, 5.74) is 0. The average molecular weight is 333 g/mol. The third-order valence-electron chi connectivity index (χ3n) is 3.27. The first kappa shape index (κ1) is 16.8. The van der Waals surface area contributed by atoms with Crippen molar-refractivity contribution in [1.82, 2.24) is 4.90 Å². The van der Waals surface area contributed by atoms with Gasteiger partial charge in [0.1, 0.15) is 12.1 Å². The molecule has 0 aromatic heterocycles. The Morgan fingerprint density at radius 2 is 1.53 bits per heavy atom. The SMILES string of the molecule is CN1C(Cl)=[N+](C)[C@@H]2CCCC[C@@H]21.F[P-](F)(F)(F)(F)F. The summed E-state index contributed by atoms with van der Waals surface area (Å²) in [4.78, 5) is 2.23. The first-order chi connectivity index (χ1) is 8.16. The van der Waals surface area contributed by atoms with Gasteiger partial charge < -0.3 is 0 Å². The van der Waals surface area contributed by atoms with E-state index in [0.29, 0.717) is 12.1 Å². The van der Waals surface area contributed by atoms with Gasteiger partial charge in [-0.3, -0.25) is 0 Å². The summed E-state index contributed by atoms with van der Waals surface area (Å²) in [6.45, 7) is 0. The molecular weight excluding hydrogens is 317 g/mol. The second kappa shape index (κ2) is 4.38. The Kier molecular flexibility index (Phi) is 3.88. The zero-order valence-electron chi connectivity index (χ0n) is 10.5. The van der Waals surface area contributed by atoms with Crippen LogP contribution in [0.3, 0.4) is 0 Å². The quantitative estimate of drug-likeness (QED) is 0.266. The molecular formula is C9H16ClF6N2P. The summed E-state index contributed by atoms with van der Waals surface area (Å²) in [6, 6.07) is 1.35. The van der Waals surface area contributed by atoms with Gasteiger partial charge in [0.25, 0.3) is 0 Å². The number of hydrogen-bond acceptors (Lipinski definition) is 1. The molecule has 0 unspecified atom stereocenters. The Hall–Kier alpha value is -0.230. The number of likely N-dealkylation sites (N-methyl/N-ethyl adjacent to an activating group) is 2. The van der Waals surface area contributed by atoms with Gasteiger partial charge in [-0.05, 0) is 25.7 Å². The molecule has 0 amide bonds. The summed E-state index contributed by atoms with van der Waals surface area (Å²) < 4.78 is 61.4. The number of nitrogens with zero attached hydrogens (tertiary/aromatic N) is 2. The van der Waals surface area contributed by atoms with Gasteiger partial charge in [0.15, 0.2) is 0 Å². The van der Waals surface area contributed by atoms with Crippen LogP contribution >= 0.6 is 19.4 Å². The van der Waals surface area contributed by atoms with Crippen LogP contribution < -0.4 is 0 Å². The van der Waals surface area contributed by atoms with Crippen molar-refractivity contribution < 1.29 is 29.8 Å². The van der Waals surface area contributed by atoms with E-state index < -0.39 is 7.81 Å². The zero-order valence-corrected chi connectivity index (χ0v) is 12.1. The van der Waals surface area contributed by atoms with Gasteiger partial charge in [-0.2, -0.15) is 0 Å². The third-order valence-corrected chi connectivity index (χ3v) is 3.80. The molecule has 1 aliphatic carbocycles. The van der Waals surface area contributed by atoms with Crippen molar-refractivity contribution >= 4 is 24.7 Å². The summed E-state index contributed by atoms with van der Waals surface area (Å²) >= 11 is 6.16. The van der Waals surface area contributed by atoms with Crippen LogP contribution in [0.2, 0.25) is 0 Å². The standard InChI is InChI=1S/C9H16ClN2.F6P/c1-11-7-5-3-4-6-8(7)12(2)9(11)10;1-7(2,3,4,5)6/h7-8H,3-6H2,1-2H3;/q+1;-1/t7-,8+;. The Labute approximate surface area is 112 Å². The van der Waals surface area contributed by atoms with E-state index in [1.165, 1.54) is 25.7 Å². The van der Waals surface area contributed by atoms with Crippen molar-refractivity contribution in [3.05, 3.63) is 0 Å². The fraction of sp³-hybridized carbons (Fsp3) is 0.889. The molecule has 2 nitrogen and oxygen atoms in total. The molecule has 1 fully saturated rings. The third kappa shape index (κ3) is 6.17. The van der Waals surface area contributed by atoms with E-state index in [9.17, 15) is 25.2 Å². The van der Waals surface area contributed by atoms with Gasteiger partial charge in [0, 0.05) is 11.6 Å². The Bertz CT molecular complexity index is 380. The minimum absolute atomic E-state index is 0.677. The van der Waals surface area contributed by atoms with Crippen molar-refractivity contribution in [3.8, 4) is 0 Å². The van der Waals surface area contributed by atoms with Crippen LogP contribution in [-0.2, 0) is 0 Å². The molecule has 116 valence electrons. The van der Waals surface area contributed by atoms with Crippen molar-refractivity contribution in [3.63, 3.8) is 0 Å². The first-order valence-corrected chi connectivity index (χ1v) is 8.12. The molecule has 19 heavy (non-hydrogen) atoms. The average Bonchev–Trinajstić information content (AvgIpc) is 2.40. The molecule has 2 rings (SSSR count). The molecule has 0 saturated heterocycles. The van der Waals surface area contributed by atoms with E-state index in [-0.39, 0.29) is 0 Å².